The molecule has 1 aliphatic heterocycles. The van der Waals surface area contributed by atoms with Gasteiger partial charge in [0.2, 0.25) is 0 Å². The number of hydrogen-bond donors (Lipinski definition) is 0. The molecule has 1 unspecified atom stereocenters. The van der Waals surface area contributed by atoms with Gasteiger partial charge in [-0.1, -0.05) is 0 Å². The lowest BCUT2D eigenvalue weighted by Crippen LogP contribution is -2.32. The van der Waals surface area contributed by atoms with Crippen molar-refractivity contribution in [2.24, 2.45) is 0 Å². The summed E-state index contributed by atoms with van der Waals surface area (Å²) in [6.45, 7) is 1.05. The van der Waals surface area contributed by atoms with Crippen LogP contribution in [-0.2, 0) is 9.24 Å². The Morgan fingerprint density at radius 3 is 2.33 bits per heavy atom. The number of halogens is 1. The highest BCUT2D eigenvalue weighted by Crippen LogP contribution is 2.18. The molecule has 4 nitrogen and oxygen atoms in total. The van der Waals surface area contributed by atoms with E-state index in [1.165, 1.54) is 4.31 Å². The second-order valence-electron chi connectivity index (χ2n) is 3.21. The molecule has 1 fully saturated rings. The summed E-state index contributed by atoms with van der Waals surface area (Å²) in [5.41, 5.74) is 0. The fourth-order valence-electron chi connectivity index (χ4n) is 1.33. The Morgan fingerprint density at radius 1 is 1.50 bits per heavy atom. The Hall–Kier alpha value is 0.160. The topological polar surface area (TPSA) is 40.6 Å². The summed E-state index contributed by atoms with van der Waals surface area (Å²) in [5.74, 6) is 0. The van der Waals surface area contributed by atoms with E-state index in [2.05, 4.69) is 0 Å². The van der Waals surface area contributed by atoms with Gasteiger partial charge in [0, 0.05) is 29.8 Å². The van der Waals surface area contributed by atoms with Gasteiger partial charge in [-0.3, -0.25) is 0 Å². The fraction of sp³-hybridized carbons (Fsp3) is 1.00. The zero-order valence-electron chi connectivity index (χ0n) is 7.20. The number of nitrogens with zero attached hydrogens (tertiary/aromatic N) is 2. The predicted octanol–water partition coefficient (Wildman–Crippen LogP) is 0.106. The van der Waals surface area contributed by atoms with E-state index in [4.69, 9.17) is 10.7 Å². The molecular weight excluding hydrogens is 200 g/mol. The maximum Gasteiger partial charge on any atom is 0.299 e. The van der Waals surface area contributed by atoms with Gasteiger partial charge in [-0.2, -0.15) is 12.7 Å². The van der Waals surface area contributed by atoms with Crippen LogP contribution in [0.3, 0.4) is 0 Å². The molecule has 1 aliphatic rings. The zero-order chi connectivity index (χ0) is 9.35. The van der Waals surface area contributed by atoms with Gasteiger partial charge in [0.25, 0.3) is 9.24 Å². The van der Waals surface area contributed by atoms with Crippen LogP contribution in [0.15, 0.2) is 0 Å². The van der Waals surface area contributed by atoms with Gasteiger partial charge in [-0.25, -0.2) is 0 Å². The maximum absolute atomic E-state index is 10.9. The van der Waals surface area contributed by atoms with Gasteiger partial charge in [0.1, 0.15) is 0 Å². The summed E-state index contributed by atoms with van der Waals surface area (Å²) < 4.78 is 23.1. The summed E-state index contributed by atoms with van der Waals surface area (Å²) in [7, 11) is 5.58. The van der Waals surface area contributed by atoms with Crippen LogP contribution in [0.25, 0.3) is 0 Å². The van der Waals surface area contributed by atoms with E-state index in [0.29, 0.717) is 19.1 Å². The molecule has 1 atom stereocenters. The second kappa shape index (κ2) is 3.49. The van der Waals surface area contributed by atoms with Crippen molar-refractivity contribution in [3.8, 4) is 0 Å². The number of hydrogen-bond acceptors (Lipinski definition) is 3. The van der Waals surface area contributed by atoms with Crippen molar-refractivity contribution in [1.29, 1.82) is 0 Å². The van der Waals surface area contributed by atoms with Crippen molar-refractivity contribution < 1.29 is 8.42 Å². The first kappa shape index (κ1) is 10.2. The predicted molar refractivity (Wildman–Crippen MR) is 48.4 cm³/mol. The Kier molecular flexibility index (Phi) is 2.98. The molecule has 0 aliphatic carbocycles. The molecule has 0 amide bonds. The van der Waals surface area contributed by atoms with E-state index in [0.717, 1.165) is 6.42 Å². The summed E-state index contributed by atoms with van der Waals surface area (Å²) in [5, 5.41) is 0. The molecule has 0 N–H and O–H groups in total. The molecule has 0 saturated carbocycles. The quantitative estimate of drug-likeness (QED) is 0.610. The lowest BCUT2D eigenvalue weighted by molar-refractivity contribution is 0.303. The van der Waals surface area contributed by atoms with Crippen LogP contribution in [0.5, 0.6) is 0 Å². The van der Waals surface area contributed by atoms with Crippen molar-refractivity contribution >= 4 is 19.9 Å². The van der Waals surface area contributed by atoms with Crippen LogP contribution in [0, 0.1) is 0 Å². The van der Waals surface area contributed by atoms with Crippen LogP contribution in [0.2, 0.25) is 0 Å². The van der Waals surface area contributed by atoms with E-state index in [1.54, 1.807) is 0 Å². The van der Waals surface area contributed by atoms with Crippen LogP contribution < -0.4 is 0 Å². The molecule has 0 aromatic heterocycles. The van der Waals surface area contributed by atoms with Crippen molar-refractivity contribution in [3.05, 3.63) is 0 Å². The molecule has 0 radical (unpaired) electrons. The summed E-state index contributed by atoms with van der Waals surface area (Å²) in [6.07, 6.45) is 0.860. The van der Waals surface area contributed by atoms with E-state index in [9.17, 15) is 8.42 Å². The Morgan fingerprint density at radius 2 is 2.08 bits per heavy atom. The first-order valence-electron chi connectivity index (χ1n) is 3.77. The highest BCUT2D eigenvalue weighted by Gasteiger charge is 2.30. The Labute approximate surface area is 77.6 Å². The second-order valence-corrected chi connectivity index (χ2v) is 5.72. The van der Waals surface area contributed by atoms with E-state index < -0.39 is 9.24 Å². The molecule has 72 valence electrons. The largest absolute Gasteiger partial charge is 0.305 e. The lowest BCUT2D eigenvalue weighted by atomic mass is 10.2. The smallest absolute Gasteiger partial charge is 0.299 e. The van der Waals surface area contributed by atoms with E-state index >= 15 is 0 Å². The third-order valence-corrected chi connectivity index (χ3v) is 3.70. The molecule has 0 aromatic carbocycles. The van der Waals surface area contributed by atoms with Gasteiger partial charge < -0.3 is 4.90 Å². The minimum absolute atomic E-state index is 0.304. The number of rotatable bonds is 2. The fourth-order valence-corrected chi connectivity index (χ4v) is 2.38. The third-order valence-electron chi connectivity index (χ3n) is 2.16. The van der Waals surface area contributed by atoms with Crippen LogP contribution in [0.4, 0.5) is 0 Å². The molecule has 1 saturated heterocycles. The average molecular weight is 213 g/mol. The Bertz CT molecular complexity index is 252. The van der Waals surface area contributed by atoms with E-state index in [1.807, 2.05) is 19.0 Å². The van der Waals surface area contributed by atoms with Crippen molar-refractivity contribution in [1.82, 2.24) is 9.21 Å². The lowest BCUT2D eigenvalue weighted by Gasteiger charge is -2.18. The van der Waals surface area contributed by atoms with Crippen LogP contribution in [0.1, 0.15) is 6.42 Å². The van der Waals surface area contributed by atoms with Crippen molar-refractivity contribution in [3.63, 3.8) is 0 Å². The SMILES string of the molecule is CN(C)C1CCN(S(=O)(=O)Cl)C1. The van der Waals surface area contributed by atoms with Crippen LogP contribution >= 0.6 is 10.7 Å². The first-order valence-corrected chi connectivity index (χ1v) is 6.04. The number of likely N-dealkylation sites (N-methyl/N-ethyl adjacent to an activating group) is 1. The molecule has 0 spiro atoms. The summed E-state index contributed by atoms with van der Waals surface area (Å²) >= 11 is 0. The van der Waals surface area contributed by atoms with Gasteiger partial charge in [-0.15, -0.1) is 0 Å². The van der Waals surface area contributed by atoms with Crippen LogP contribution in [-0.4, -0.2) is 50.8 Å². The van der Waals surface area contributed by atoms with Gasteiger partial charge >= 0.3 is 0 Å². The monoisotopic (exact) mass is 212 g/mol. The van der Waals surface area contributed by atoms with E-state index in [-0.39, 0.29) is 0 Å². The minimum atomic E-state index is -3.49. The highest BCUT2D eigenvalue weighted by atomic mass is 35.7. The molecule has 12 heavy (non-hydrogen) atoms. The van der Waals surface area contributed by atoms with Crippen molar-refractivity contribution in [2.45, 2.75) is 12.5 Å². The van der Waals surface area contributed by atoms with Gasteiger partial charge in [0.15, 0.2) is 0 Å². The van der Waals surface area contributed by atoms with Gasteiger partial charge in [-0.05, 0) is 20.5 Å². The average Bonchev–Trinajstić information content (AvgIpc) is 2.30. The molecular formula is C6H13ClN2O2S. The molecule has 1 rings (SSSR count). The molecule has 0 aromatic rings. The molecule has 1 heterocycles. The van der Waals surface area contributed by atoms with Crippen molar-refractivity contribution in [2.75, 3.05) is 27.2 Å². The first-order chi connectivity index (χ1) is 5.41. The zero-order valence-corrected chi connectivity index (χ0v) is 8.77. The minimum Gasteiger partial charge on any atom is -0.305 e. The third kappa shape index (κ3) is 2.32. The maximum atomic E-state index is 10.9. The summed E-state index contributed by atoms with van der Waals surface area (Å²) in [6, 6.07) is 0.304. The van der Waals surface area contributed by atoms with Gasteiger partial charge in [0.05, 0.1) is 0 Å². The Balaban J connectivity index is 2.58. The standard InChI is InChI=1S/C6H13ClN2O2S/c1-8(2)6-3-4-9(5-6)12(7,10)11/h6H,3-5H2,1-2H3. The summed E-state index contributed by atoms with van der Waals surface area (Å²) in [4.78, 5) is 2.02. The molecule has 0 bridgehead atoms. The normalized spacial score (nSPS) is 26.8. The molecule has 6 heteroatoms. The highest BCUT2D eigenvalue weighted by molar-refractivity contribution is 8.11.